The maximum Gasteiger partial charge on any atom is 0.253 e. The summed E-state index contributed by atoms with van der Waals surface area (Å²) in [6, 6.07) is 5.19. The van der Waals surface area contributed by atoms with Crippen LogP contribution < -0.4 is 11.1 Å². The number of benzene rings is 1. The minimum absolute atomic E-state index is 0.00844. The van der Waals surface area contributed by atoms with Crippen molar-refractivity contribution < 1.29 is 4.79 Å². The average molecular weight is 295 g/mol. The van der Waals surface area contributed by atoms with Crippen molar-refractivity contribution in [3.8, 4) is 12.3 Å². The van der Waals surface area contributed by atoms with E-state index in [4.69, 9.17) is 12.2 Å². The van der Waals surface area contributed by atoms with Crippen LogP contribution in [0, 0.1) is 12.3 Å². The fourth-order valence-corrected chi connectivity index (χ4v) is 1.79. The molecule has 1 unspecified atom stereocenters. The van der Waals surface area contributed by atoms with Gasteiger partial charge in [0, 0.05) is 22.6 Å². The molecule has 3 nitrogen and oxygen atoms in total. The van der Waals surface area contributed by atoms with E-state index in [1.54, 1.807) is 18.2 Å². The molecule has 0 bridgehead atoms. The molecule has 0 aromatic heterocycles. The van der Waals surface area contributed by atoms with Crippen molar-refractivity contribution in [1.29, 1.82) is 0 Å². The molecule has 0 saturated heterocycles. The van der Waals surface area contributed by atoms with E-state index in [0.717, 1.165) is 10.9 Å². The van der Waals surface area contributed by atoms with Crippen LogP contribution in [-0.4, -0.2) is 11.9 Å². The molecule has 17 heavy (non-hydrogen) atoms. The molecule has 0 aliphatic rings. The molecule has 0 aliphatic carbocycles. The zero-order chi connectivity index (χ0) is 12.8. The first-order chi connectivity index (χ1) is 8.08. The second kappa shape index (κ2) is 6.31. The quantitative estimate of drug-likeness (QED) is 0.662. The molecule has 3 N–H and O–H groups in total. The van der Waals surface area contributed by atoms with Crippen molar-refractivity contribution in [2.75, 3.05) is 5.73 Å². The second-order valence-corrected chi connectivity index (χ2v) is 4.63. The number of amides is 1. The number of anilines is 1. The highest BCUT2D eigenvalue weighted by Gasteiger charge is 2.14. The topological polar surface area (TPSA) is 55.1 Å². The molecule has 1 rings (SSSR count). The monoisotopic (exact) mass is 294 g/mol. The number of hydrogen-bond donors (Lipinski definition) is 2. The van der Waals surface area contributed by atoms with Crippen molar-refractivity contribution in [3.05, 3.63) is 28.2 Å². The van der Waals surface area contributed by atoms with Gasteiger partial charge in [-0.05, 0) is 24.6 Å². The Kier molecular flexibility index (Phi) is 5.05. The van der Waals surface area contributed by atoms with Crippen LogP contribution in [0.4, 0.5) is 5.69 Å². The minimum atomic E-state index is -0.189. The normalized spacial score (nSPS) is 11.6. The molecule has 4 heteroatoms. The van der Waals surface area contributed by atoms with Gasteiger partial charge in [-0.2, -0.15) is 0 Å². The summed E-state index contributed by atoms with van der Waals surface area (Å²) in [5.41, 5.74) is 6.69. The number of nitrogen functional groups attached to an aromatic ring is 1. The third-order valence-electron chi connectivity index (χ3n) is 2.45. The fraction of sp³-hybridized carbons (Fsp3) is 0.308. The number of terminal acetylenes is 1. The van der Waals surface area contributed by atoms with E-state index >= 15 is 0 Å². The van der Waals surface area contributed by atoms with Crippen LogP contribution in [0.3, 0.4) is 0 Å². The van der Waals surface area contributed by atoms with E-state index in [-0.39, 0.29) is 11.9 Å². The van der Waals surface area contributed by atoms with Crippen molar-refractivity contribution in [2.45, 2.75) is 25.8 Å². The highest BCUT2D eigenvalue weighted by atomic mass is 79.9. The molecule has 0 radical (unpaired) electrons. The van der Waals surface area contributed by atoms with E-state index in [9.17, 15) is 4.79 Å². The summed E-state index contributed by atoms with van der Waals surface area (Å²) in [5, 5.41) is 2.87. The largest absolute Gasteiger partial charge is 0.398 e. The van der Waals surface area contributed by atoms with Crippen LogP contribution in [0.2, 0.25) is 0 Å². The Morgan fingerprint density at radius 3 is 2.94 bits per heavy atom. The first kappa shape index (κ1) is 13.6. The summed E-state index contributed by atoms with van der Waals surface area (Å²) in [4.78, 5) is 12.0. The standard InChI is InChI=1S/C13H15BrN2O/c1-3-5-10(4-2)16-13(17)11-8-9(14)6-7-12(11)15/h1,6-8,10H,4-5,15H2,2H3,(H,16,17). The number of nitrogens with two attached hydrogens (primary N) is 1. The summed E-state index contributed by atoms with van der Waals surface area (Å²) in [5.74, 6) is 2.36. The molecule has 0 spiro atoms. The summed E-state index contributed by atoms with van der Waals surface area (Å²) >= 11 is 3.31. The molecule has 1 aromatic rings. The molecular formula is C13H15BrN2O. The van der Waals surface area contributed by atoms with Gasteiger partial charge in [-0.1, -0.05) is 22.9 Å². The number of rotatable bonds is 4. The molecule has 90 valence electrons. The highest BCUT2D eigenvalue weighted by molar-refractivity contribution is 9.10. The molecule has 1 aromatic carbocycles. The number of carbonyl (C=O) groups is 1. The van der Waals surface area contributed by atoms with Gasteiger partial charge < -0.3 is 11.1 Å². The van der Waals surface area contributed by atoms with E-state index in [1.807, 2.05) is 6.92 Å². The Morgan fingerprint density at radius 1 is 1.65 bits per heavy atom. The van der Waals surface area contributed by atoms with Gasteiger partial charge >= 0.3 is 0 Å². The molecule has 0 heterocycles. The number of hydrogen-bond acceptors (Lipinski definition) is 2. The first-order valence-electron chi connectivity index (χ1n) is 5.37. The Morgan fingerprint density at radius 2 is 2.35 bits per heavy atom. The van der Waals surface area contributed by atoms with Gasteiger partial charge in [-0.3, -0.25) is 4.79 Å². The smallest absolute Gasteiger partial charge is 0.253 e. The molecule has 0 saturated carbocycles. The Labute approximate surface area is 110 Å². The lowest BCUT2D eigenvalue weighted by Gasteiger charge is -2.15. The number of halogens is 1. The Bertz CT molecular complexity index is 451. The van der Waals surface area contributed by atoms with Crippen LogP contribution in [0.25, 0.3) is 0 Å². The van der Waals surface area contributed by atoms with Crippen molar-refractivity contribution >= 4 is 27.5 Å². The lowest BCUT2D eigenvalue weighted by Crippen LogP contribution is -2.34. The first-order valence-corrected chi connectivity index (χ1v) is 6.17. The maximum absolute atomic E-state index is 12.0. The van der Waals surface area contributed by atoms with E-state index in [2.05, 4.69) is 27.2 Å². The maximum atomic E-state index is 12.0. The summed E-state index contributed by atoms with van der Waals surface area (Å²) in [6.45, 7) is 1.98. The Balaban J connectivity index is 2.82. The zero-order valence-electron chi connectivity index (χ0n) is 9.66. The lowest BCUT2D eigenvalue weighted by molar-refractivity contribution is 0.0937. The predicted molar refractivity (Wildman–Crippen MR) is 73.5 cm³/mol. The van der Waals surface area contributed by atoms with E-state index in [1.165, 1.54) is 0 Å². The molecule has 0 aliphatic heterocycles. The third kappa shape index (κ3) is 3.79. The van der Waals surface area contributed by atoms with Crippen LogP contribution in [-0.2, 0) is 0 Å². The van der Waals surface area contributed by atoms with Gasteiger partial charge in [0.1, 0.15) is 0 Å². The fourth-order valence-electron chi connectivity index (χ4n) is 1.43. The molecule has 1 atom stereocenters. The summed E-state index contributed by atoms with van der Waals surface area (Å²) in [7, 11) is 0. The lowest BCUT2D eigenvalue weighted by atomic mass is 10.1. The molecule has 0 fully saturated rings. The minimum Gasteiger partial charge on any atom is -0.398 e. The predicted octanol–water partition coefficient (Wildman–Crippen LogP) is 2.56. The second-order valence-electron chi connectivity index (χ2n) is 3.72. The molecule has 1 amide bonds. The van der Waals surface area contributed by atoms with Crippen LogP contribution in [0.5, 0.6) is 0 Å². The van der Waals surface area contributed by atoms with E-state index < -0.39 is 0 Å². The van der Waals surface area contributed by atoms with Gasteiger partial charge in [-0.25, -0.2) is 0 Å². The Hall–Kier alpha value is -1.47. The summed E-state index contributed by atoms with van der Waals surface area (Å²) in [6.07, 6.45) is 6.56. The van der Waals surface area contributed by atoms with Crippen molar-refractivity contribution in [3.63, 3.8) is 0 Å². The summed E-state index contributed by atoms with van der Waals surface area (Å²) < 4.78 is 0.821. The SMILES string of the molecule is C#CCC(CC)NC(=O)c1cc(Br)ccc1N. The van der Waals surface area contributed by atoms with Crippen LogP contribution >= 0.6 is 15.9 Å². The van der Waals surface area contributed by atoms with Crippen LogP contribution in [0.15, 0.2) is 22.7 Å². The highest BCUT2D eigenvalue weighted by Crippen LogP contribution is 2.18. The average Bonchev–Trinajstić information content (AvgIpc) is 2.31. The van der Waals surface area contributed by atoms with Crippen molar-refractivity contribution in [2.24, 2.45) is 0 Å². The number of nitrogens with one attached hydrogen (secondary N) is 1. The van der Waals surface area contributed by atoms with E-state index in [0.29, 0.717) is 17.7 Å². The molecular weight excluding hydrogens is 280 g/mol. The van der Waals surface area contributed by atoms with Gasteiger partial charge in [0.25, 0.3) is 5.91 Å². The van der Waals surface area contributed by atoms with Gasteiger partial charge in [0.05, 0.1) is 5.56 Å². The third-order valence-corrected chi connectivity index (χ3v) is 2.95. The zero-order valence-corrected chi connectivity index (χ0v) is 11.3. The van der Waals surface area contributed by atoms with Crippen LogP contribution in [0.1, 0.15) is 30.1 Å². The van der Waals surface area contributed by atoms with Crippen molar-refractivity contribution in [1.82, 2.24) is 5.32 Å². The van der Waals surface area contributed by atoms with Gasteiger partial charge in [0.15, 0.2) is 0 Å². The number of carbonyl (C=O) groups excluding carboxylic acids is 1. The van der Waals surface area contributed by atoms with Gasteiger partial charge in [-0.15, -0.1) is 12.3 Å². The van der Waals surface area contributed by atoms with Gasteiger partial charge in [0.2, 0.25) is 0 Å².